The van der Waals surface area contributed by atoms with Gasteiger partial charge in [0.15, 0.2) is 10.9 Å². The molecule has 0 spiro atoms. The molecular formula is C18H14ClFN4O4S. The highest BCUT2D eigenvalue weighted by molar-refractivity contribution is 7.80. The lowest BCUT2D eigenvalue weighted by Crippen LogP contribution is -2.38. The van der Waals surface area contributed by atoms with Crippen molar-refractivity contribution in [1.82, 2.24) is 9.88 Å². The Morgan fingerprint density at radius 3 is 2.90 bits per heavy atom. The summed E-state index contributed by atoms with van der Waals surface area (Å²) in [5.41, 5.74) is -0.494. The van der Waals surface area contributed by atoms with E-state index in [9.17, 15) is 19.3 Å². The van der Waals surface area contributed by atoms with E-state index in [2.05, 4.69) is 4.98 Å². The van der Waals surface area contributed by atoms with Gasteiger partial charge in [-0.05, 0) is 43.6 Å². The van der Waals surface area contributed by atoms with Crippen LogP contribution in [0.15, 0.2) is 30.5 Å². The summed E-state index contributed by atoms with van der Waals surface area (Å²) in [6.07, 6.45) is 3.76. The van der Waals surface area contributed by atoms with Crippen molar-refractivity contribution in [3.05, 3.63) is 51.4 Å². The number of rotatable bonds is 4. The Balaban J connectivity index is 1.73. The minimum atomic E-state index is -0.756. The van der Waals surface area contributed by atoms with Gasteiger partial charge in [0.05, 0.1) is 15.6 Å². The molecule has 2 fully saturated rings. The Kier molecular flexibility index (Phi) is 5.05. The number of hydrogen-bond acceptors (Lipinski definition) is 6. The Morgan fingerprint density at radius 2 is 2.17 bits per heavy atom. The average Bonchev–Trinajstić information content (AvgIpc) is 2.95. The number of halogens is 2. The Hall–Kier alpha value is -2.85. The number of pyridine rings is 1. The van der Waals surface area contributed by atoms with E-state index in [1.807, 2.05) is 0 Å². The molecule has 8 nitrogen and oxygen atoms in total. The number of piperidine rings is 1. The lowest BCUT2D eigenvalue weighted by atomic mass is 10.0. The molecule has 3 heterocycles. The van der Waals surface area contributed by atoms with Crippen molar-refractivity contribution in [3.63, 3.8) is 0 Å². The molecule has 0 radical (unpaired) electrons. The fraction of sp³-hybridized carbons (Fsp3) is 0.278. The first-order valence-electron chi connectivity index (χ1n) is 8.79. The smallest absolute Gasteiger partial charge is 0.331 e. The molecule has 11 heteroatoms. The number of carbonyl (C=O) groups excluding carboxylic acids is 1. The maximum Gasteiger partial charge on any atom is 0.331 e. The molecule has 150 valence electrons. The normalized spacial score (nSPS) is 18.8. The molecule has 1 aromatic carbocycles. The number of nitro groups is 1. The van der Waals surface area contributed by atoms with Gasteiger partial charge in [0.2, 0.25) is 0 Å². The largest absolute Gasteiger partial charge is 0.432 e. The Labute approximate surface area is 175 Å². The molecule has 2 aromatic rings. The second-order valence-corrected chi connectivity index (χ2v) is 7.35. The van der Waals surface area contributed by atoms with Crippen molar-refractivity contribution in [2.45, 2.75) is 25.3 Å². The number of carbonyl (C=O) groups is 1. The van der Waals surface area contributed by atoms with Crippen LogP contribution in [-0.4, -0.2) is 38.4 Å². The number of thiocarbonyl (C=S) groups is 1. The molecule has 4 rings (SSSR count). The van der Waals surface area contributed by atoms with E-state index in [0.717, 1.165) is 23.8 Å². The average molecular weight is 437 g/mol. The predicted octanol–water partition coefficient (Wildman–Crippen LogP) is 4.06. The van der Waals surface area contributed by atoms with Crippen LogP contribution >= 0.6 is 23.8 Å². The number of ether oxygens (including phenoxy) is 1. The summed E-state index contributed by atoms with van der Waals surface area (Å²) >= 11 is 11.5. The van der Waals surface area contributed by atoms with Crippen LogP contribution in [-0.2, 0) is 4.79 Å². The van der Waals surface area contributed by atoms with Gasteiger partial charge in [-0.2, -0.15) is 0 Å². The number of aromatic nitrogens is 1. The molecule has 29 heavy (non-hydrogen) atoms. The van der Waals surface area contributed by atoms with Crippen molar-refractivity contribution < 1.29 is 18.8 Å². The minimum Gasteiger partial charge on any atom is -0.432 e. The second kappa shape index (κ2) is 7.53. The monoisotopic (exact) mass is 436 g/mol. The zero-order valence-electron chi connectivity index (χ0n) is 14.9. The Bertz CT molecular complexity index is 1010. The van der Waals surface area contributed by atoms with Crippen LogP contribution in [0.2, 0.25) is 5.02 Å². The molecule has 2 saturated heterocycles. The molecule has 2 aliphatic rings. The second-order valence-electron chi connectivity index (χ2n) is 6.58. The molecular weight excluding hydrogens is 423 g/mol. The van der Waals surface area contributed by atoms with Crippen LogP contribution in [0.3, 0.4) is 0 Å². The van der Waals surface area contributed by atoms with Gasteiger partial charge >= 0.3 is 5.69 Å². The number of amides is 1. The molecule has 1 aromatic heterocycles. The van der Waals surface area contributed by atoms with Crippen LogP contribution in [0.4, 0.5) is 15.8 Å². The van der Waals surface area contributed by atoms with E-state index < -0.39 is 16.8 Å². The van der Waals surface area contributed by atoms with E-state index in [0.29, 0.717) is 13.0 Å². The van der Waals surface area contributed by atoms with Crippen LogP contribution < -0.4 is 9.64 Å². The maximum absolute atomic E-state index is 14.7. The van der Waals surface area contributed by atoms with E-state index in [1.165, 1.54) is 24.4 Å². The van der Waals surface area contributed by atoms with Gasteiger partial charge in [-0.3, -0.25) is 19.8 Å². The zero-order chi connectivity index (χ0) is 20.7. The maximum atomic E-state index is 14.7. The first kappa shape index (κ1) is 19.5. The fourth-order valence-electron chi connectivity index (χ4n) is 3.48. The molecule has 0 aliphatic carbocycles. The summed E-state index contributed by atoms with van der Waals surface area (Å²) < 4.78 is 20.2. The minimum absolute atomic E-state index is 0.0784. The van der Waals surface area contributed by atoms with Crippen molar-refractivity contribution >= 4 is 46.2 Å². The molecule has 0 N–H and O–H groups in total. The highest BCUT2D eigenvalue weighted by Gasteiger charge is 2.45. The number of fused-ring (bicyclic) bond motifs is 1. The summed E-state index contributed by atoms with van der Waals surface area (Å²) in [4.78, 5) is 30.1. The lowest BCUT2D eigenvalue weighted by Gasteiger charge is -2.27. The number of benzene rings is 1. The van der Waals surface area contributed by atoms with Gasteiger partial charge in [-0.1, -0.05) is 11.6 Å². The molecule has 1 unspecified atom stereocenters. The number of nitrogens with zero attached hydrogens (tertiary/aromatic N) is 4. The van der Waals surface area contributed by atoms with Gasteiger partial charge in [-0.15, -0.1) is 0 Å². The summed E-state index contributed by atoms with van der Waals surface area (Å²) in [5, 5.41) is 11.3. The SMILES string of the molecule is O=C1C2CCCCN2C(=S)N1c1cc(Oc2ncccc2[N+](=O)[O-])c(Cl)cc1F. The quantitative estimate of drug-likeness (QED) is 0.405. The fourth-order valence-corrected chi connectivity index (χ4v) is 4.08. The van der Waals surface area contributed by atoms with E-state index in [1.54, 1.807) is 4.90 Å². The Morgan fingerprint density at radius 1 is 1.38 bits per heavy atom. The molecule has 0 bridgehead atoms. The zero-order valence-corrected chi connectivity index (χ0v) is 16.5. The third kappa shape index (κ3) is 3.38. The van der Waals surface area contributed by atoms with Crippen LogP contribution in [0.5, 0.6) is 11.6 Å². The number of anilines is 1. The summed E-state index contributed by atoms with van der Waals surface area (Å²) in [6, 6.07) is 4.39. The van der Waals surface area contributed by atoms with Gasteiger partial charge in [0, 0.05) is 24.9 Å². The molecule has 1 amide bonds. The lowest BCUT2D eigenvalue weighted by molar-refractivity contribution is -0.386. The topological polar surface area (TPSA) is 88.8 Å². The third-order valence-electron chi connectivity index (χ3n) is 4.84. The summed E-state index contributed by atoms with van der Waals surface area (Å²) in [7, 11) is 0. The molecule has 0 saturated carbocycles. The van der Waals surface area contributed by atoms with Crippen molar-refractivity contribution in [3.8, 4) is 11.6 Å². The van der Waals surface area contributed by atoms with Crippen LogP contribution in [0.1, 0.15) is 19.3 Å². The summed E-state index contributed by atoms with van der Waals surface area (Å²) in [5.74, 6) is -1.45. The number of hydrogen-bond donors (Lipinski definition) is 0. The standard InChI is InChI=1S/C18H14ClFN4O4S/c19-10-8-11(20)14(23-17(25)13-4-1-2-7-22(13)18(23)29)9-15(10)28-16-12(24(26)27)5-3-6-21-16/h3,5-6,8-9,13H,1-2,4,7H2. The van der Waals surface area contributed by atoms with E-state index in [-0.39, 0.29) is 39.0 Å². The van der Waals surface area contributed by atoms with Crippen molar-refractivity contribution in [2.75, 3.05) is 11.4 Å². The van der Waals surface area contributed by atoms with E-state index >= 15 is 0 Å². The molecule has 1 atom stereocenters. The van der Waals surface area contributed by atoms with Gasteiger partial charge < -0.3 is 9.64 Å². The highest BCUT2D eigenvalue weighted by Crippen LogP contribution is 2.39. The van der Waals surface area contributed by atoms with Gasteiger partial charge in [0.1, 0.15) is 11.9 Å². The van der Waals surface area contributed by atoms with Gasteiger partial charge in [-0.25, -0.2) is 9.37 Å². The molecule has 2 aliphatic heterocycles. The van der Waals surface area contributed by atoms with Gasteiger partial charge in [0.25, 0.3) is 11.8 Å². The third-order valence-corrected chi connectivity index (χ3v) is 5.55. The first-order chi connectivity index (χ1) is 13.9. The van der Waals surface area contributed by atoms with Crippen molar-refractivity contribution in [1.29, 1.82) is 0 Å². The first-order valence-corrected chi connectivity index (χ1v) is 9.58. The highest BCUT2D eigenvalue weighted by atomic mass is 35.5. The van der Waals surface area contributed by atoms with Crippen LogP contribution in [0, 0.1) is 15.9 Å². The summed E-state index contributed by atoms with van der Waals surface area (Å²) in [6.45, 7) is 0.629. The van der Waals surface area contributed by atoms with E-state index in [4.69, 9.17) is 28.6 Å². The van der Waals surface area contributed by atoms with Crippen molar-refractivity contribution in [2.24, 2.45) is 0 Å². The predicted molar refractivity (Wildman–Crippen MR) is 107 cm³/mol. The van der Waals surface area contributed by atoms with Crippen LogP contribution in [0.25, 0.3) is 0 Å².